The first kappa shape index (κ1) is 19.5. The second-order valence-corrected chi connectivity index (χ2v) is 8.26. The molecule has 0 aliphatic carbocycles. The Labute approximate surface area is 182 Å². The number of aromatic nitrogens is 4. The van der Waals surface area contributed by atoms with E-state index in [1.165, 1.54) is 0 Å². The van der Waals surface area contributed by atoms with Crippen LogP contribution in [0.5, 0.6) is 0 Å². The van der Waals surface area contributed by atoms with E-state index in [1.807, 2.05) is 42.7 Å². The Balaban J connectivity index is 1.69. The van der Waals surface area contributed by atoms with E-state index in [4.69, 9.17) is 10.7 Å². The van der Waals surface area contributed by atoms with Crippen LogP contribution >= 0.6 is 0 Å². The quantitative estimate of drug-likeness (QED) is 0.529. The molecule has 1 saturated heterocycles. The number of nitrogens with two attached hydrogens (primary N) is 1. The second-order valence-electron chi connectivity index (χ2n) is 8.26. The molecule has 0 bridgehead atoms. The lowest BCUT2D eigenvalue weighted by atomic mass is 10.0. The molecule has 4 aromatic heterocycles. The molecular weight excluding hydrogens is 386 g/mol. The zero-order valence-electron chi connectivity index (χ0n) is 17.9. The molecule has 0 spiro atoms. The highest BCUT2D eigenvalue weighted by atomic mass is 15.2. The van der Waals surface area contributed by atoms with E-state index in [-0.39, 0.29) is 0 Å². The number of hydrogen-bond acceptors (Lipinski definition) is 6. The summed E-state index contributed by atoms with van der Waals surface area (Å²) in [6.45, 7) is 2.24. The molecule has 5 rings (SSSR count). The van der Waals surface area contributed by atoms with Crippen molar-refractivity contribution in [2.45, 2.75) is 18.9 Å². The molecule has 3 N–H and O–H groups in total. The van der Waals surface area contributed by atoms with Gasteiger partial charge in [0.1, 0.15) is 11.3 Å². The Morgan fingerprint density at radius 3 is 2.58 bits per heavy atom. The van der Waals surface area contributed by atoms with Crippen LogP contribution in [0.25, 0.3) is 33.5 Å². The fraction of sp³-hybridized carbons (Fsp3) is 0.292. The minimum Gasteiger partial charge on any atom is -0.384 e. The number of fused-ring (bicyclic) bond motifs is 1. The van der Waals surface area contributed by atoms with Gasteiger partial charge >= 0.3 is 0 Å². The van der Waals surface area contributed by atoms with Crippen LogP contribution in [0.3, 0.4) is 0 Å². The lowest BCUT2D eigenvalue weighted by molar-refractivity contribution is 0.253. The number of likely N-dealkylation sites (tertiary alicyclic amines) is 1. The molecule has 5 heterocycles. The lowest BCUT2D eigenvalue weighted by Crippen LogP contribution is -2.42. The van der Waals surface area contributed by atoms with Crippen LogP contribution in [0.15, 0.2) is 55.0 Å². The topological polar surface area (TPSA) is 87.0 Å². The van der Waals surface area contributed by atoms with Gasteiger partial charge in [-0.25, -0.2) is 4.98 Å². The largest absolute Gasteiger partial charge is 0.384 e. The summed E-state index contributed by atoms with van der Waals surface area (Å²) in [7, 11) is 4.38. The van der Waals surface area contributed by atoms with Crippen LogP contribution < -0.4 is 10.6 Å². The van der Waals surface area contributed by atoms with Crippen LogP contribution in [0.4, 0.5) is 11.5 Å². The van der Waals surface area contributed by atoms with Gasteiger partial charge in [0.05, 0.1) is 28.2 Å². The van der Waals surface area contributed by atoms with Crippen molar-refractivity contribution in [2.24, 2.45) is 0 Å². The van der Waals surface area contributed by atoms with Crippen molar-refractivity contribution in [1.82, 2.24) is 24.8 Å². The van der Waals surface area contributed by atoms with Gasteiger partial charge in [0.2, 0.25) is 0 Å². The van der Waals surface area contributed by atoms with E-state index in [2.05, 4.69) is 44.9 Å². The molecule has 31 heavy (non-hydrogen) atoms. The summed E-state index contributed by atoms with van der Waals surface area (Å²) in [6.07, 6.45) is 7.75. The summed E-state index contributed by atoms with van der Waals surface area (Å²) in [5.74, 6) is 0.486. The first-order valence-electron chi connectivity index (χ1n) is 10.7. The van der Waals surface area contributed by atoms with Gasteiger partial charge in [-0.1, -0.05) is 6.07 Å². The number of hydrogen-bond donors (Lipinski definition) is 2. The Bertz CT molecular complexity index is 1190. The number of piperidine rings is 1. The molecule has 158 valence electrons. The molecule has 4 aromatic rings. The predicted octanol–water partition coefficient (Wildman–Crippen LogP) is 3.80. The van der Waals surface area contributed by atoms with Crippen molar-refractivity contribution in [3.05, 3.63) is 55.0 Å². The first-order valence-corrected chi connectivity index (χ1v) is 10.7. The lowest BCUT2D eigenvalue weighted by Gasteiger charge is -2.36. The molecule has 0 amide bonds. The number of H-pyrrole nitrogens is 1. The molecule has 1 aliphatic rings. The third-order valence-electron chi connectivity index (χ3n) is 6.27. The van der Waals surface area contributed by atoms with E-state index >= 15 is 0 Å². The molecule has 1 fully saturated rings. The van der Waals surface area contributed by atoms with E-state index in [9.17, 15) is 0 Å². The highest BCUT2D eigenvalue weighted by molar-refractivity contribution is 6.05. The third-order valence-corrected chi connectivity index (χ3v) is 6.27. The number of nitrogen functional groups attached to an aromatic ring is 1. The summed E-state index contributed by atoms with van der Waals surface area (Å²) in [5, 5.41) is 0. The van der Waals surface area contributed by atoms with Gasteiger partial charge < -0.3 is 20.5 Å². The van der Waals surface area contributed by atoms with Crippen molar-refractivity contribution in [3.63, 3.8) is 0 Å². The van der Waals surface area contributed by atoms with Crippen molar-refractivity contribution in [1.29, 1.82) is 0 Å². The minimum absolute atomic E-state index is 0.486. The average Bonchev–Trinajstić information content (AvgIpc) is 3.19. The summed E-state index contributed by atoms with van der Waals surface area (Å²) in [4.78, 5) is 22.0. The molecule has 0 saturated carbocycles. The molecular formula is C24H27N7. The molecule has 0 radical (unpaired) electrons. The van der Waals surface area contributed by atoms with Crippen LogP contribution in [0.1, 0.15) is 12.8 Å². The van der Waals surface area contributed by atoms with E-state index in [0.29, 0.717) is 11.9 Å². The monoisotopic (exact) mass is 413 g/mol. The van der Waals surface area contributed by atoms with Gasteiger partial charge in [0, 0.05) is 37.2 Å². The smallest absolute Gasteiger partial charge is 0.123 e. The van der Waals surface area contributed by atoms with E-state index in [0.717, 1.165) is 65.2 Å². The maximum atomic E-state index is 6.00. The normalized spacial score (nSPS) is 15.4. The van der Waals surface area contributed by atoms with Crippen molar-refractivity contribution >= 4 is 22.5 Å². The Hall–Kier alpha value is -3.45. The summed E-state index contributed by atoms with van der Waals surface area (Å²) in [6, 6.07) is 12.4. The Kier molecular flexibility index (Phi) is 5.03. The number of aromatic amines is 1. The predicted molar refractivity (Wildman–Crippen MR) is 126 cm³/mol. The standard InChI is InChI=1S/C24H27N7/c1-30-13-8-17(9-14-30)31(2)19-7-12-28-24-21(18-5-3-4-10-26-18)22(29-23(19)24)16-6-11-27-20(25)15-16/h3-7,10-12,15,17,29H,8-9,13-14H2,1-2H3,(H2,25,27). The summed E-state index contributed by atoms with van der Waals surface area (Å²) in [5.41, 5.74) is 12.9. The van der Waals surface area contributed by atoms with Gasteiger partial charge in [-0.15, -0.1) is 0 Å². The van der Waals surface area contributed by atoms with Gasteiger partial charge in [0.15, 0.2) is 0 Å². The molecule has 0 unspecified atom stereocenters. The van der Waals surface area contributed by atoms with Crippen LogP contribution in [0, 0.1) is 0 Å². The average molecular weight is 414 g/mol. The Morgan fingerprint density at radius 1 is 1.03 bits per heavy atom. The van der Waals surface area contributed by atoms with Crippen molar-refractivity contribution in [2.75, 3.05) is 37.8 Å². The van der Waals surface area contributed by atoms with Crippen molar-refractivity contribution < 1.29 is 0 Å². The maximum absolute atomic E-state index is 6.00. The number of pyridine rings is 3. The third kappa shape index (κ3) is 3.61. The van der Waals surface area contributed by atoms with E-state index in [1.54, 1.807) is 6.20 Å². The van der Waals surface area contributed by atoms with Gasteiger partial charge in [-0.3, -0.25) is 9.97 Å². The number of nitrogens with zero attached hydrogens (tertiary/aromatic N) is 5. The molecule has 0 atom stereocenters. The van der Waals surface area contributed by atoms with Gasteiger partial charge in [-0.2, -0.15) is 0 Å². The number of anilines is 2. The zero-order valence-corrected chi connectivity index (χ0v) is 17.9. The van der Waals surface area contributed by atoms with Crippen LogP contribution in [-0.4, -0.2) is 58.1 Å². The summed E-state index contributed by atoms with van der Waals surface area (Å²) >= 11 is 0. The zero-order chi connectivity index (χ0) is 21.4. The SMILES string of the molecule is CN1CCC(N(C)c2ccnc3c(-c4ccccn4)c(-c4ccnc(N)c4)[nH]c23)CC1. The molecule has 0 aromatic carbocycles. The van der Waals surface area contributed by atoms with Gasteiger partial charge in [0.25, 0.3) is 0 Å². The molecule has 1 aliphatic heterocycles. The fourth-order valence-electron chi connectivity index (χ4n) is 4.52. The highest BCUT2D eigenvalue weighted by Crippen LogP contribution is 2.40. The first-order chi connectivity index (χ1) is 15.1. The minimum atomic E-state index is 0.486. The Morgan fingerprint density at radius 2 is 1.84 bits per heavy atom. The fourth-order valence-corrected chi connectivity index (χ4v) is 4.52. The number of nitrogens with one attached hydrogen (secondary N) is 1. The van der Waals surface area contributed by atoms with Crippen LogP contribution in [-0.2, 0) is 0 Å². The van der Waals surface area contributed by atoms with Crippen molar-refractivity contribution in [3.8, 4) is 22.5 Å². The maximum Gasteiger partial charge on any atom is 0.123 e. The highest BCUT2D eigenvalue weighted by Gasteiger charge is 2.25. The summed E-state index contributed by atoms with van der Waals surface area (Å²) < 4.78 is 0. The van der Waals surface area contributed by atoms with E-state index < -0.39 is 0 Å². The molecule has 7 nitrogen and oxygen atoms in total. The van der Waals surface area contributed by atoms with Gasteiger partial charge in [-0.05, 0) is 63.3 Å². The van der Waals surface area contributed by atoms with Crippen LogP contribution in [0.2, 0.25) is 0 Å². The number of rotatable bonds is 4. The molecule has 7 heteroatoms. The second kappa shape index (κ2) is 8.00.